The van der Waals surface area contributed by atoms with Crippen LogP contribution >= 0.6 is 35.0 Å². The van der Waals surface area contributed by atoms with Crippen molar-refractivity contribution in [3.8, 4) is 0 Å². The topological polar surface area (TPSA) is 0 Å². The first kappa shape index (κ1) is 33.9. The molecule has 0 aromatic heterocycles. The molecule has 0 amide bonds. The Balaban J connectivity index is 4.05. The largest absolute Gasteiger partial charge is 0.162 e. The lowest BCUT2D eigenvalue weighted by molar-refractivity contribution is 0.413. The summed E-state index contributed by atoms with van der Waals surface area (Å²) in [6.45, 7) is 9.09. The van der Waals surface area contributed by atoms with Gasteiger partial charge in [0.1, 0.15) is 0 Å². The molecule has 0 aliphatic carbocycles. The van der Waals surface area contributed by atoms with Crippen LogP contribution in [-0.2, 0) is 0 Å². The van der Waals surface area contributed by atoms with E-state index in [0.717, 1.165) is 12.8 Å². The fourth-order valence-corrected chi connectivity index (χ4v) is 6.62. The van der Waals surface area contributed by atoms with E-state index in [1.165, 1.54) is 127 Å². The molecule has 0 bridgehead atoms. The highest BCUT2D eigenvalue weighted by Gasteiger charge is 2.19. The van der Waals surface area contributed by atoms with Crippen LogP contribution in [0.3, 0.4) is 0 Å². The molecule has 0 aromatic carbocycles. The van der Waals surface area contributed by atoms with Crippen LogP contribution in [0.2, 0.25) is 0 Å². The van der Waals surface area contributed by atoms with E-state index in [4.69, 9.17) is 23.2 Å². The van der Waals surface area contributed by atoms with Crippen molar-refractivity contribution in [1.29, 1.82) is 0 Å². The fraction of sp³-hybridized carbons (Fsp3) is 1.00. The summed E-state index contributed by atoms with van der Waals surface area (Å²) in [6, 6.07) is 0. The predicted octanol–water partition coefficient (Wildman–Crippen LogP) is 12.0. The first-order chi connectivity index (χ1) is 16.1. The molecule has 0 radical (unpaired) electrons. The van der Waals surface area contributed by atoms with Gasteiger partial charge in [0.2, 0.25) is 0 Å². The average Bonchev–Trinajstić information content (AvgIpc) is 2.83. The number of unbranched alkanes of at least 4 members (excludes halogenated alkanes) is 12. The van der Waals surface area contributed by atoms with Crippen molar-refractivity contribution in [3.63, 3.8) is 0 Å². The Hall–Kier alpha value is 0.930. The Morgan fingerprint density at radius 3 is 1.12 bits per heavy atom. The monoisotopic (exact) mass is 522 g/mol. The van der Waals surface area contributed by atoms with Gasteiger partial charge in [0.05, 0.1) is 0 Å². The van der Waals surface area contributed by atoms with Gasteiger partial charge in [-0.3, -0.25) is 0 Å². The second-order valence-electron chi connectivity index (χ2n) is 10.4. The molecule has 4 unspecified atom stereocenters. The SMILES string of the molecule is CCCCCCCCCC(CCSCCC(CCCCCCCCC)C(Cl)CC)C(Cl)CC. The van der Waals surface area contributed by atoms with Gasteiger partial charge >= 0.3 is 0 Å². The standard InChI is InChI=1S/C30H60Cl2S/c1-5-9-11-13-15-17-19-21-27(29(31)7-3)23-25-33-26-24-28(30(32)8-4)22-20-18-16-14-12-10-6-2/h27-30H,5-26H2,1-4H3. The van der Waals surface area contributed by atoms with Gasteiger partial charge in [-0.1, -0.05) is 118 Å². The van der Waals surface area contributed by atoms with E-state index in [9.17, 15) is 0 Å². The quantitative estimate of drug-likeness (QED) is 0.0802. The number of thioether (sulfide) groups is 1. The zero-order chi connectivity index (χ0) is 24.6. The van der Waals surface area contributed by atoms with Gasteiger partial charge in [0.15, 0.2) is 0 Å². The van der Waals surface area contributed by atoms with Crippen LogP contribution in [0.15, 0.2) is 0 Å². The van der Waals surface area contributed by atoms with Gasteiger partial charge in [0, 0.05) is 10.8 Å². The molecule has 0 saturated heterocycles. The van der Waals surface area contributed by atoms with E-state index in [1.54, 1.807) is 0 Å². The molecule has 0 aliphatic heterocycles. The molecule has 0 rings (SSSR count). The van der Waals surface area contributed by atoms with Crippen LogP contribution in [0.5, 0.6) is 0 Å². The third-order valence-electron chi connectivity index (χ3n) is 7.43. The number of halogens is 2. The molecule has 200 valence electrons. The summed E-state index contributed by atoms with van der Waals surface area (Å²) in [5.74, 6) is 3.96. The molecule has 0 fully saturated rings. The molecule has 0 nitrogen and oxygen atoms in total. The van der Waals surface area contributed by atoms with Crippen molar-refractivity contribution < 1.29 is 0 Å². The van der Waals surface area contributed by atoms with Gasteiger partial charge in [-0.15, -0.1) is 23.2 Å². The van der Waals surface area contributed by atoms with Gasteiger partial charge < -0.3 is 0 Å². The smallest absolute Gasteiger partial charge is 0.0361 e. The summed E-state index contributed by atoms with van der Waals surface area (Å²) in [6.07, 6.45) is 27.0. The van der Waals surface area contributed by atoms with E-state index < -0.39 is 0 Å². The number of hydrogen-bond acceptors (Lipinski definition) is 1. The Kier molecular flexibility index (Phi) is 26.7. The van der Waals surface area contributed by atoms with Crippen LogP contribution in [0.4, 0.5) is 0 Å². The third kappa shape index (κ3) is 20.8. The van der Waals surface area contributed by atoms with Crippen molar-refractivity contribution >= 4 is 35.0 Å². The van der Waals surface area contributed by atoms with Crippen molar-refractivity contribution in [2.45, 2.75) is 167 Å². The summed E-state index contributed by atoms with van der Waals surface area (Å²) in [4.78, 5) is 0. The van der Waals surface area contributed by atoms with Crippen LogP contribution in [0, 0.1) is 11.8 Å². The zero-order valence-corrected chi connectivity index (χ0v) is 25.4. The Labute approximate surface area is 224 Å². The minimum absolute atomic E-state index is 0.364. The van der Waals surface area contributed by atoms with Crippen molar-refractivity contribution in [2.75, 3.05) is 11.5 Å². The lowest BCUT2D eigenvalue weighted by Crippen LogP contribution is -2.16. The first-order valence-corrected chi connectivity index (χ1v) is 17.0. The third-order valence-corrected chi connectivity index (χ3v) is 9.80. The maximum absolute atomic E-state index is 6.72. The summed E-state index contributed by atoms with van der Waals surface area (Å²) < 4.78 is 0. The van der Waals surface area contributed by atoms with Gasteiger partial charge in [0.25, 0.3) is 0 Å². The van der Waals surface area contributed by atoms with Crippen LogP contribution in [0.1, 0.15) is 156 Å². The average molecular weight is 524 g/mol. The molecule has 0 spiro atoms. The Morgan fingerprint density at radius 2 is 0.788 bits per heavy atom. The van der Waals surface area contributed by atoms with Crippen molar-refractivity contribution in [2.24, 2.45) is 11.8 Å². The lowest BCUT2D eigenvalue weighted by Gasteiger charge is -2.23. The van der Waals surface area contributed by atoms with E-state index >= 15 is 0 Å². The highest BCUT2D eigenvalue weighted by Crippen LogP contribution is 2.29. The van der Waals surface area contributed by atoms with E-state index in [2.05, 4.69) is 39.5 Å². The van der Waals surface area contributed by atoms with Crippen LogP contribution < -0.4 is 0 Å². The molecule has 0 aliphatic rings. The number of rotatable bonds is 26. The molecular formula is C30H60Cl2S. The Bertz CT molecular complexity index is 342. The van der Waals surface area contributed by atoms with E-state index in [1.807, 2.05) is 0 Å². The molecular weight excluding hydrogens is 463 g/mol. The molecule has 0 N–H and O–H groups in total. The number of hydrogen-bond donors (Lipinski definition) is 0. The Morgan fingerprint density at radius 1 is 0.455 bits per heavy atom. The molecule has 0 heterocycles. The summed E-state index contributed by atoms with van der Waals surface area (Å²) in [5, 5.41) is 0.728. The van der Waals surface area contributed by atoms with Crippen molar-refractivity contribution in [3.05, 3.63) is 0 Å². The predicted molar refractivity (Wildman–Crippen MR) is 159 cm³/mol. The molecule has 0 aromatic rings. The minimum atomic E-state index is 0.364. The lowest BCUT2D eigenvalue weighted by atomic mass is 9.93. The maximum Gasteiger partial charge on any atom is 0.0361 e. The highest BCUT2D eigenvalue weighted by molar-refractivity contribution is 7.99. The second kappa shape index (κ2) is 26.0. The van der Waals surface area contributed by atoms with Gasteiger partial charge in [-0.05, 0) is 61.9 Å². The van der Waals surface area contributed by atoms with Crippen LogP contribution in [-0.4, -0.2) is 22.3 Å². The van der Waals surface area contributed by atoms with E-state index in [-0.39, 0.29) is 0 Å². The van der Waals surface area contributed by atoms with E-state index in [0.29, 0.717) is 22.6 Å². The first-order valence-electron chi connectivity index (χ1n) is 15.0. The van der Waals surface area contributed by atoms with Crippen LogP contribution in [0.25, 0.3) is 0 Å². The summed E-state index contributed by atoms with van der Waals surface area (Å²) in [5.41, 5.74) is 0. The minimum Gasteiger partial charge on any atom is -0.162 e. The second-order valence-corrected chi connectivity index (χ2v) is 12.7. The summed E-state index contributed by atoms with van der Waals surface area (Å²) in [7, 11) is 0. The molecule has 33 heavy (non-hydrogen) atoms. The highest BCUT2D eigenvalue weighted by atomic mass is 35.5. The zero-order valence-electron chi connectivity index (χ0n) is 23.0. The van der Waals surface area contributed by atoms with Crippen molar-refractivity contribution in [1.82, 2.24) is 0 Å². The molecule has 3 heteroatoms. The molecule has 4 atom stereocenters. The molecule has 0 saturated carbocycles. The normalized spacial score (nSPS) is 15.5. The number of alkyl halides is 2. The fourth-order valence-electron chi connectivity index (χ4n) is 4.98. The summed E-state index contributed by atoms with van der Waals surface area (Å²) >= 11 is 15.6. The van der Waals surface area contributed by atoms with Gasteiger partial charge in [-0.2, -0.15) is 11.8 Å². The van der Waals surface area contributed by atoms with Gasteiger partial charge in [-0.25, -0.2) is 0 Å². The maximum atomic E-state index is 6.72.